The van der Waals surface area contributed by atoms with E-state index in [1.165, 1.54) is 25.1 Å². The van der Waals surface area contributed by atoms with Gasteiger partial charge in [0.05, 0.1) is 5.60 Å². The quantitative estimate of drug-likeness (QED) is 0.593. The number of aromatic nitrogens is 2. The van der Waals surface area contributed by atoms with Crippen LogP contribution in [-0.4, -0.2) is 28.7 Å². The molecular weight excluding hydrogens is 360 g/mol. The molecule has 1 spiro atoms. The first-order valence-electron chi connectivity index (χ1n) is 10.2. The summed E-state index contributed by atoms with van der Waals surface area (Å²) in [5.74, 6) is -1.91. The number of rotatable bonds is 6. The number of hydrogen-bond donors (Lipinski definition) is 1. The van der Waals surface area contributed by atoms with Gasteiger partial charge < -0.3 is 10.1 Å². The van der Waals surface area contributed by atoms with Gasteiger partial charge in [-0.15, -0.1) is 0 Å². The van der Waals surface area contributed by atoms with Crippen LogP contribution < -0.4 is 5.32 Å². The summed E-state index contributed by atoms with van der Waals surface area (Å²) in [5, 5.41) is 3.29. The van der Waals surface area contributed by atoms with Gasteiger partial charge in [0, 0.05) is 42.2 Å². The maximum atomic E-state index is 13.8. The van der Waals surface area contributed by atoms with Gasteiger partial charge in [0.1, 0.15) is 0 Å². The van der Waals surface area contributed by atoms with Crippen LogP contribution in [0.5, 0.6) is 0 Å². The van der Waals surface area contributed by atoms with Crippen LogP contribution in [0.25, 0.3) is 0 Å². The normalized spacial score (nSPS) is 23.9. The van der Waals surface area contributed by atoms with Crippen molar-refractivity contribution < 1.29 is 13.5 Å². The van der Waals surface area contributed by atoms with Gasteiger partial charge in [0.15, 0.2) is 5.82 Å². The largest absolute Gasteiger partial charge is 0.375 e. The van der Waals surface area contributed by atoms with E-state index in [9.17, 15) is 8.78 Å². The Morgan fingerprint density at radius 3 is 2.68 bits per heavy atom. The molecule has 1 atom stereocenters. The molecule has 0 bridgehead atoms. The second-order valence-electron chi connectivity index (χ2n) is 8.16. The Morgan fingerprint density at radius 1 is 1.04 bits per heavy atom. The highest BCUT2D eigenvalue weighted by Crippen LogP contribution is 2.49. The Kier molecular flexibility index (Phi) is 5.69. The van der Waals surface area contributed by atoms with Crippen molar-refractivity contribution in [2.45, 2.75) is 62.5 Å². The highest BCUT2D eigenvalue weighted by atomic mass is 19.2. The van der Waals surface area contributed by atoms with Crippen molar-refractivity contribution in [3.8, 4) is 0 Å². The molecule has 2 aromatic rings. The molecule has 6 heteroatoms. The molecule has 1 saturated carbocycles. The van der Waals surface area contributed by atoms with Crippen molar-refractivity contribution >= 4 is 0 Å². The van der Waals surface area contributed by atoms with Crippen LogP contribution in [0.3, 0.4) is 0 Å². The van der Waals surface area contributed by atoms with E-state index in [0.29, 0.717) is 12.1 Å². The average Bonchev–Trinajstić information content (AvgIpc) is 3.16. The van der Waals surface area contributed by atoms with Crippen molar-refractivity contribution in [3.05, 3.63) is 59.7 Å². The van der Waals surface area contributed by atoms with Crippen LogP contribution in [0.15, 0.2) is 36.7 Å². The van der Waals surface area contributed by atoms with E-state index in [4.69, 9.17) is 9.72 Å². The zero-order chi connectivity index (χ0) is 19.5. The van der Waals surface area contributed by atoms with E-state index in [1.54, 1.807) is 0 Å². The summed E-state index contributed by atoms with van der Waals surface area (Å²) >= 11 is 0. The molecule has 1 N–H and O–H groups in total. The topological polar surface area (TPSA) is 47.0 Å². The Balaban J connectivity index is 1.46. The van der Waals surface area contributed by atoms with Gasteiger partial charge in [-0.2, -0.15) is 4.39 Å². The molecule has 1 aliphatic carbocycles. The third kappa shape index (κ3) is 3.94. The minimum Gasteiger partial charge on any atom is -0.375 e. The molecular formula is C22H27F2N3O. The summed E-state index contributed by atoms with van der Waals surface area (Å²) < 4.78 is 33.4. The van der Waals surface area contributed by atoms with E-state index >= 15 is 0 Å². The molecule has 2 aromatic heterocycles. The van der Waals surface area contributed by atoms with Crippen molar-refractivity contribution in [2.24, 2.45) is 0 Å². The minimum atomic E-state index is -1.04. The Bertz CT molecular complexity index is 796. The molecule has 150 valence electrons. The fourth-order valence-electron chi connectivity index (χ4n) is 4.94. The predicted molar refractivity (Wildman–Crippen MR) is 103 cm³/mol. The zero-order valence-electron chi connectivity index (χ0n) is 16.1. The molecule has 3 heterocycles. The van der Waals surface area contributed by atoms with Crippen LogP contribution in [-0.2, 0) is 16.7 Å². The maximum absolute atomic E-state index is 13.8. The molecule has 2 aliphatic rings. The Morgan fingerprint density at radius 2 is 1.89 bits per heavy atom. The lowest BCUT2D eigenvalue weighted by molar-refractivity contribution is -0.104. The summed E-state index contributed by atoms with van der Waals surface area (Å²) in [7, 11) is 0. The molecule has 0 aromatic carbocycles. The Hall–Kier alpha value is -1.92. The summed E-state index contributed by atoms with van der Waals surface area (Å²) in [6.45, 7) is 1.74. The first-order chi connectivity index (χ1) is 13.6. The third-order valence-corrected chi connectivity index (χ3v) is 6.39. The highest BCUT2D eigenvalue weighted by molar-refractivity contribution is 5.21. The molecule has 2 fully saturated rings. The van der Waals surface area contributed by atoms with Gasteiger partial charge in [-0.05, 0) is 56.8 Å². The van der Waals surface area contributed by atoms with Gasteiger partial charge in [0.25, 0.3) is 0 Å². The summed E-state index contributed by atoms with van der Waals surface area (Å²) in [6.07, 6.45) is 10.7. The molecule has 1 aliphatic heterocycles. The lowest BCUT2D eigenvalue weighted by Crippen LogP contribution is -2.47. The van der Waals surface area contributed by atoms with Crippen molar-refractivity contribution in [2.75, 3.05) is 13.2 Å². The van der Waals surface area contributed by atoms with Gasteiger partial charge in [0.2, 0.25) is 5.95 Å². The van der Waals surface area contributed by atoms with Gasteiger partial charge in [-0.3, -0.25) is 4.98 Å². The van der Waals surface area contributed by atoms with Crippen molar-refractivity contribution in [3.63, 3.8) is 0 Å². The van der Waals surface area contributed by atoms with E-state index < -0.39 is 11.8 Å². The lowest BCUT2D eigenvalue weighted by atomic mass is 9.68. The first kappa shape index (κ1) is 19.4. The van der Waals surface area contributed by atoms with Gasteiger partial charge in [-0.25, -0.2) is 9.37 Å². The van der Waals surface area contributed by atoms with Crippen LogP contribution >= 0.6 is 0 Å². The SMILES string of the molecule is Fc1nccc(CNCC[C@@]2(c3ccccn3)CCOC3(CCCC3)C2)c1F. The second-order valence-corrected chi connectivity index (χ2v) is 8.16. The molecule has 0 unspecified atom stereocenters. The summed E-state index contributed by atoms with van der Waals surface area (Å²) in [5.41, 5.74) is 1.36. The van der Waals surface area contributed by atoms with Crippen LogP contribution in [0.4, 0.5) is 8.78 Å². The van der Waals surface area contributed by atoms with Gasteiger partial charge in [-0.1, -0.05) is 18.9 Å². The number of halogens is 2. The number of nitrogens with one attached hydrogen (secondary N) is 1. The van der Waals surface area contributed by atoms with E-state index in [1.807, 2.05) is 18.3 Å². The van der Waals surface area contributed by atoms with E-state index in [2.05, 4.69) is 16.4 Å². The summed E-state index contributed by atoms with van der Waals surface area (Å²) in [4.78, 5) is 8.03. The van der Waals surface area contributed by atoms with Crippen molar-refractivity contribution in [1.82, 2.24) is 15.3 Å². The maximum Gasteiger partial charge on any atom is 0.249 e. The monoisotopic (exact) mass is 387 g/mol. The molecule has 0 amide bonds. The minimum absolute atomic E-state index is 0.0178. The third-order valence-electron chi connectivity index (χ3n) is 6.39. The van der Waals surface area contributed by atoms with Crippen LogP contribution in [0.1, 0.15) is 56.2 Å². The average molecular weight is 387 g/mol. The standard InChI is InChI=1S/C22H27F2N3O/c23-19-17(6-12-27-20(19)24)15-25-13-9-21(18-5-1-4-11-26-18)10-14-28-22(16-21)7-2-3-8-22/h1,4-6,11-12,25H,2-3,7-10,13-16H2/t21-/m1/s1. The number of hydrogen-bond acceptors (Lipinski definition) is 4. The number of ether oxygens (including phenoxy) is 1. The zero-order valence-corrected chi connectivity index (χ0v) is 16.1. The second kappa shape index (κ2) is 8.21. The van der Waals surface area contributed by atoms with Crippen LogP contribution in [0, 0.1) is 11.8 Å². The predicted octanol–water partition coefficient (Wildman–Crippen LogP) is 4.30. The number of nitrogens with zero attached hydrogens (tertiary/aromatic N) is 2. The van der Waals surface area contributed by atoms with Crippen LogP contribution in [0.2, 0.25) is 0 Å². The van der Waals surface area contributed by atoms with Crippen molar-refractivity contribution in [1.29, 1.82) is 0 Å². The highest BCUT2D eigenvalue weighted by Gasteiger charge is 2.48. The molecule has 28 heavy (non-hydrogen) atoms. The molecule has 1 saturated heterocycles. The summed E-state index contributed by atoms with van der Waals surface area (Å²) in [6, 6.07) is 7.62. The van der Waals surface area contributed by atoms with E-state index in [-0.39, 0.29) is 17.6 Å². The molecule has 4 nitrogen and oxygen atoms in total. The van der Waals surface area contributed by atoms with Gasteiger partial charge >= 0.3 is 0 Å². The lowest BCUT2D eigenvalue weighted by Gasteiger charge is -2.46. The smallest absolute Gasteiger partial charge is 0.249 e. The first-order valence-corrected chi connectivity index (χ1v) is 10.2. The Labute approximate surface area is 164 Å². The molecule has 4 rings (SSSR count). The fourth-order valence-corrected chi connectivity index (χ4v) is 4.94. The number of pyridine rings is 2. The van der Waals surface area contributed by atoms with E-state index in [0.717, 1.165) is 44.4 Å². The fraction of sp³-hybridized carbons (Fsp3) is 0.545. The molecule has 0 radical (unpaired) electrons.